The number of methoxy groups -OCH3 is 1. The summed E-state index contributed by atoms with van der Waals surface area (Å²) in [6, 6.07) is 1.81. The van der Waals surface area contributed by atoms with Crippen LogP contribution in [0.1, 0.15) is 25.8 Å². The fourth-order valence-electron chi connectivity index (χ4n) is 1.78. The van der Waals surface area contributed by atoms with Crippen LogP contribution in [0, 0.1) is 0 Å². The second-order valence-corrected chi connectivity index (χ2v) is 4.54. The predicted octanol–water partition coefficient (Wildman–Crippen LogP) is 3.13. The van der Waals surface area contributed by atoms with Gasteiger partial charge in [0, 0.05) is 23.9 Å². The third kappa shape index (κ3) is 5.26. The molecule has 0 atom stereocenters. The van der Waals surface area contributed by atoms with Gasteiger partial charge in [-0.15, -0.1) is 0 Å². The first kappa shape index (κ1) is 16.7. The lowest BCUT2D eigenvalue weighted by molar-refractivity contribution is -0.117. The highest BCUT2D eigenvalue weighted by molar-refractivity contribution is 5.97. The summed E-state index contributed by atoms with van der Waals surface area (Å²) in [6.45, 7) is 8.02. The number of carbonyl (C=O) groups excluding carboxylic acids is 1. The molecule has 0 radical (unpaired) electrons. The Morgan fingerprint density at radius 2 is 2.29 bits per heavy atom. The van der Waals surface area contributed by atoms with Crippen molar-refractivity contribution in [3.63, 3.8) is 0 Å². The molecule has 0 saturated carbocycles. The summed E-state index contributed by atoms with van der Waals surface area (Å²) in [6.07, 6.45) is 9.62. The van der Waals surface area contributed by atoms with Crippen LogP contribution in [0.2, 0.25) is 0 Å². The average molecular weight is 286 g/mol. The van der Waals surface area contributed by atoms with E-state index in [4.69, 9.17) is 4.74 Å². The Hall–Kier alpha value is -2.36. The van der Waals surface area contributed by atoms with Gasteiger partial charge in [-0.25, -0.2) is 0 Å². The van der Waals surface area contributed by atoms with Gasteiger partial charge in [-0.2, -0.15) is 0 Å². The molecule has 21 heavy (non-hydrogen) atoms. The summed E-state index contributed by atoms with van der Waals surface area (Å²) in [7, 11) is 1.58. The zero-order chi connectivity index (χ0) is 15.7. The molecule has 4 heteroatoms. The van der Waals surface area contributed by atoms with E-state index >= 15 is 0 Å². The molecule has 0 bridgehead atoms. The molecule has 0 aliphatic heterocycles. The van der Waals surface area contributed by atoms with Gasteiger partial charge in [-0.1, -0.05) is 31.2 Å². The molecule has 0 saturated heterocycles. The Morgan fingerprint density at radius 3 is 2.90 bits per heavy atom. The van der Waals surface area contributed by atoms with Crippen molar-refractivity contribution in [3.05, 3.63) is 53.9 Å². The van der Waals surface area contributed by atoms with E-state index in [-0.39, 0.29) is 5.91 Å². The summed E-state index contributed by atoms with van der Waals surface area (Å²) < 4.78 is 5.21. The van der Waals surface area contributed by atoms with E-state index in [2.05, 4.69) is 16.9 Å². The molecule has 0 spiro atoms. The molecule has 1 heterocycles. The van der Waals surface area contributed by atoms with Gasteiger partial charge in [0.2, 0.25) is 5.91 Å². The SMILES string of the molecule is C=C/C=C(\CC)CNC(=O)/C(C)=C/c1ccncc1OC. The standard InChI is InChI=1S/C17H22N2O2/c1-5-7-14(6-2)11-19-17(20)13(3)10-15-8-9-18-12-16(15)21-4/h5,7-10,12H,1,6,11H2,2-4H3,(H,19,20)/b13-10+,14-7+. The van der Waals surface area contributed by atoms with Crippen molar-refractivity contribution in [2.45, 2.75) is 20.3 Å². The number of nitrogens with zero attached hydrogens (tertiary/aromatic N) is 1. The monoisotopic (exact) mass is 286 g/mol. The number of ether oxygens (including phenoxy) is 1. The van der Waals surface area contributed by atoms with Crippen molar-refractivity contribution in [1.29, 1.82) is 0 Å². The molecule has 1 rings (SSSR count). The van der Waals surface area contributed by atoms with E-state index in [1.165, 1.54) is 0 Å². The third-order valence-corrected chi connectivity index (χ3v) is 3.05. The Kier molecular flexibility index (Phi) is 6.95. The van der Waals surface area contributed by atoms with Crippen molar-refractivity contribution in [2.75, 3.05) is 13.7 Å². The summed E-state index contributed by atoms with van der Waals surface area (Å²) in [5.41, 5.74) is 2.58. The Labute approximate surface area is 126 Å². The van der Waals surface area contributed by atoms with Gasteiger partial charge < -0.3 is 10.1 Å². The van der Waals surface area contributed by atoms with Gasteiger partial charge in [-0.05, 0) is 25.5 Å². The Bertz CT molecular complexity index is 560. The number of carbonyl (C=O) groups is 1. The highest BCUT2D eigenvalue weighted by Crippen LogP contribution is 2.19. The van der Waals surface area contributed by atoms with Crippen LogP contribution >= 0.6 is 0 Å². The number of amides is 1. The molecule has 1 aromatic rings. The number of nitrogens with one attached hydrogen (secondary N) is 1. The lowest BCUT2D eigenvalue weighted by Crippen LogP contribution is -2.26. The number of hydrogen-bond acceptors (Lipinski definition) is 3. The van der Waals surface area contributed by atoms with Crippen LogP contribution in [0.15, 0.2) is 48.3 Å². The highest BCUT2D eigenvalue weighted by Gasteiger charge is 2.06. The topological polar surface area (TPSA) is 51.2 Å². The minimum atomic E-state index is -0.0997. The quantitative estimate of drug-likeness (QED) is 0.619. The average Bonchev–Trinajstić information content (AvgIpc) is 2.51. The van der Waals surface area contributed by atoms with E-state index in [0.717, 1.165) is 17.6 Å². The summed E-state index contributed by atoms with van der Waals surface area (Å²) in [5, 5.41) is 2.90. The molecule has 0 aromatic carbocycles. The number of pyridine rings is 1. The van der Waals surface area contributed by atoms with Gasteiger partial charge in [0.15, 0.2) is 0 Å². The molecular weight excluding hydrogens is 264 g/mol. The van der Waals surface area contributed by atoms with E-state index < -0.39 is 0 Å². The van der Waals surface area contributed by atoms with Crippen LogP contribution in [0.3, 0.4) is 0 Å². The van der Waals surface area contributed by atoms with Crippen LogP contribution in [0.4, 0.5) is 0 Å². The van der Waals surface area contributed by atoms with Gasteiger partial charge >= 0.3 is 0 Å². The second kappa shape index (κ2) is 8.74. The van der Waals surface area contributed by atoms with Crippen LogP contribution in [0.25, 0.3) is 6.08 Å². The lowest BCUT2D eigenvalue weighted by atomic mass is 10.1. The second-order valence-electron chi connectivity index (χ2n) is 4.54. The Balaban J connectivity index is 2.76. The van der Waals surface area contributed by atoms with E-state index in [0.29, 0.717) is 17.9 Å². The zero-order valence-electron chi connectivity index (χ0n) is 12.8. The number of rotatable bonds is 7. The van der Waals surface area contributed by atoms with E-state index in [1.54, 1.807) is 38.6 Å². The maximum atomic E-state index is 12.1. The van der Waals surface area contributed by atoms with E-state index in [9.17, 15) is 4.79 Å². The van der Waals surface area contributed by atoms with Crippen molar-refractivity contribution in [2.24, 2.45) is 0 Å². The minimum Gasteiger partial charge on any atom is -0.495 e. The van der Waals surface area contributed by atoms with Crippen LogP contribution in [-0.2, 0) is 4.79 Å². The summed E-state index contributed by atoms with van der Waals surface area (Å²) >= 11 is 0. The maximum Gasteiger partial charge on any atom is 0.247 e. The first-order valence-corrected chi connectivity index (χ1v) is 6.87. The molecular formula is C17H22N2O2. The molecule has 0 unspecified atom stereocenters. The molecule has 0 aliphatic carbocycles. The van der Waals surface area contributed by atoms with Crippen molar-refractivity contribution in [1.82, 2.24) is 10.3 Å². The smallest absolute Gasteiger partial charge is 0.247 e. The number of aromatic nitrogens is 1. The first-order valence-electron chi connectivity index (χ1n) is 6.87. The number of hydrogen-bond donors (Lipinski definition) is 1. The minimum absolute atomic E-state index is 0.0997. The molecule has 4 nitrogen and oxygen atoms in total. The van der Waals surface area contributed by atoms with Crippen molar-refractivity contribution < 1.29 is 9.53 Å². The van der Waals surface area contributed by atoms with Gasteiger partial charge in [0.25, 0.3) is 0 Å². The van der Waals surface area contributed by atoms with Crippen LogP contribution in [0.5, 0.6) is 5.75 Å². The largest absolute Gasteiger partial charge is 0.495 e. The van der Waals surface area contributed by atoms with Gasteiger partial charge in [0.05, 0.1) is 13.3 Å². The normalized spacial score (nSPS) is 12.0. The van der Waals surface area contributed by atoms with Crippen molar-refractivity contribution in [3.8, 4) is 5.75 Å². The third-order valence-electron chi connectivity index (χ3n) is 3.05. The van der Waals surface area contributed by atoms with Crippen molar-refractivity contribution >= 4 is 12.0 Å². The molecule has 0 fully saturated rings. The molecule has 1 amide bonds. The molecule has 112 valence electrons. The van der Waals surface area contributed by atoms with E-state index in [1.807, 2.05) is 19.1 Å². The van der Waals surface area contributed by atoms with Crippen LogP contribution < -0.4 is 10.1 Å². The number of allylic oxidation sites excluding steroid dienone is 2. The summed E-state index contributed by atoms with van der Waals surface area (Å²) in [4.78, 5) is 16.1. The van der Waals surface area contributed by atoms with Crippen LogP contribution in [-0.4, -0.2) is 24.5 Å². The maximum absolute atomic E-state index is 12.1. The fourth-order valence-corrected chi connectivity index (χ4v) is 1.78. The summed E-state index contributed by atoms with van der Waals surface area (Å²) in [5.74, 6) is 0.544. The predicted molar refractivity (Wildman–Crippen MR) is 86.0 cm³/mol. The lowest BCUT2D eigenvalue weighted by Gasteiger charge is -2.08. The Morgan fingerprint density at radius 1 is 1.52 bits per heavy atom. The molecule has 0 aliphatic rings. The highest BCUT2D eigenvalue weighted by atomic mass is 16.5. The fraction of sp³-hybridized carbons (Fsp3) is 0.294. The van der Waals surface area contributed by atoms with Gasteiger partial charge in [-0.3, -0.25) is 9.78 Å². The molecule has 1 N–H and O–H groups in total. The van der Waals surface area contributed by atoms with Gasteiger partial charge in [0.1, 0.15) is 5.75 Å². The first-order chi connectivity index (χ1) is 10.1. The zero-order valence-corrected chi connectivity index (χ0v) is 12.8. The molecule has 1 aromatic heterocycles.